The van der Waals surface area contributed by atoms with Crippen molar-refractivity contribution >= 4 is 15.4 Å². The van der Waals surface area contributed by atoms with Crippen molar-refractivity contribution in [1.29, 1.82) is 0 Å². The van der Waals surface area contributed by atoms with Gasteiger partial charge in [-0.15, -0.1) is 0 Å². The molecule has 1 fully saturated rings. The van der Waals surface area contributed by atoms with Gasteiger partial charge in [0.25, 0.3) is 0 Å². The first kappa shape index (κ1) is 13.5. The monoisotopic (exact) mass is 244 g/mol. The average molecular weight is 245 g/mol. The Bertz CT molecular complexity index is 226. The molecular formula is C12H28OSi2. The molecule has 0 spiro atoms. The van der Waals surface area contributed by atoms with E-state index in [-0.39, 0.29) is 5.60 Å². The van der Waals surface area contributed by atoms with E-state index in [1.807, 2.05) is 0 Å². The Balaban J connectivity index is 2.68. The normalized spacial score (nSPS) is 34.0. The van der Waals surface area contributed by atoms with Crippen LogP contribution in [0.1, 0.15) is 39.5 Å². The molecule has 3 heteroatoms. The van der Waals surface area contributed by atoms with Crippen molar-refractivity contribution in [2.75, 3.05) is 0 Å². The molecule has 0 aromatic carbocycles. The van der Waals surface area contributed by atoms with Gasteiger partial charge in [0.05, 0.1) is 13.2 Å². The predicted molar refractivity (Wildman–Crippen MR) is 73.4 cm³/mol. The van der Waals surface area contributed by atoms with Gasteiger partial charge in [0, 0.05) is 0 Å². The number of unbranched alkanes of at least 4 members (excludes halogenated alkanes) is 1. The fraction of sp³-hybridized carbons (Fsp3) is 1.00. The van der Waals surface area contributed by atoms with Crippen molar-refractivity contribution in [3.63, 3.8) is 0 Å². The van der Waals surface area contributed by atoms with Crippen molar-refractivity contribution in [3.8, 4) is 0 Å². The smallest absolute Gasteiger partial charge is 0.174 e. The molecule has 0 aromatic heterocycles. The lowest BCUT2D eigenvalue weighted by molar-refractivity contribution is 0.0611. The first-order valence-corrected chi connectivity index (χ1v) is 13.5. The van der Waals surface area contributed by atoms with Crippen LogP contribution in [0.4, 0.5) is 0 Å². The molecule has 0 aromatic rings. The van der Waals surface area contributed by atoms with E-state index in [9.17, 15) is 0 Å². The van der Waals surface area contributed by atoms with Gasteiger partial charge in [-0.1, -0.05) is 38.9 Å². The number of hydrogen-bond donors (Lipinski definition) is 0. The van der Waals surface area contributed by atoms with Crippen LogP contribution < -0.4 is 0 Å². The maximum absolute atomic E-state index is 6.58. The van der Waals surface area contributed by atoms with E-state index in [1.54, 1.807) is 0 Å². The first-order chi connectivity index (χ1) is 6.72. The minimum absolute atomic E-state index is 0.217. The van der Waals surface area contributed by atoms with Gasteiger partial charge < -0.3 is 4.43 Å². The zero-order valence-corrected chi connectivity index (χ0v) is 13.4. The van der Waals surface area contributed by atoms with E-state index in [0.717, 1.165) is 0 Å². The van der Waals surface area contributed by atoms with E-state index in [1.165, 1.54) is 31.7 Å². The van der Waals surface area contributed by atoms with E-state index < -0.39 is 15.4 Å². The van der Waals surface area contributed by atoms with Crippen molar-refractivity contribution < 1.29 is 4.43 Å². The molecule has 0 bridgehead atoms. The van der Waals surface area contributed by atoms with Gasteiger partial charge in [-0.2, -0.15) is 0 Å². The van der Waals surface area contributed by atoms with Crippen LogP contribution in [-0.2, 0) is 4.43 Å². The topological polar surface area (TPSA) is 9.23 Å². The lowest BCUT2D eigenvalue weighted by atomic mass is 9.96. The van der Waals surface area contributed by atoms with E-state index in [4.69, 9.17) is 4.43 Å². The molecule has 1 aliphatic rings. The molecular weight excluding hydrogens is 216 g/mol. The second-order valence-corrected chi connectivity index (χ2v) is 21.7. The summed E-state index contributed by atoms with van der Waals surface area (Å²) < 4.78 is 6.58. The zero-order chi connectivity index (χ0) is 11.7. The van der Waals surface area contributed by atoms with Crippen LogP contribution in [0, 0.1) is 0 Å². The highest BCUT2D eigenvalue weighted by Crippen LogP contribution is 2.40. The minimum Gasteiger partial charge on any atom is -0.415 e. The SMILES string of the molecule is CCCCC1(C)CC[Si](C)(C)[Si](C)(C)O1. The second-order valence-electron chi connectivity index (χ2n) is 6.55. The highest BCUT2D eigenvalue weighted by molar-refractivity contribution is 7.38. The summed E-state index contributed by atoms with van der Waals surface area (Å²) in [4.78, 5) is 0. The fourth-order valence-corrected chi connectivity index (χ4v) is 9.63. The van der Waals surface area contributed by atoms with Crippen molar-refractivity contribution in [1.82, 2.24) is 0 Å². The second kappa shape index (κ2) is 4.34. The summed E-state index contributed by atoms with van der Waals surface area (Å²) in [5.41, 5.74) is 0.217. The predicted octanol–water partition coefficient (Wildman–Crippen LogP) is 4.35. The Morgan fingerprint density at radius 3 is 2.27 bits per heavy atom. The van der Waals surface area contributed by atoms with Crippen LogP contribution in [0.3, 0.4) is 0 Å². The molecule has 1 heterocycles. The largest absolute Gasteiger partial charge is 0.415 e. The zero-order valence-electron chi connectivity index (χ0n) is 11.4. The first-order valence-electron chi connectivity index (χ1n) is 6.43. The average Bonchev–Trinajstić information content (AvgIpc) is 2.09. The summed E-state index contributed by atoms with van der Waals surface area (Å²) in [5, 5.41) is 0. The van der Waals surface area contributed by atoms with Gasteiger partial charge in [0.1, 0.15) is 0 Å². The van der Waals surface area contributed by atoms with Gasteiger partial charge in [-0.3, -0.25) is 0 Å². The third-order valence-electron chi connectivity index (χ3n) is 4.47. The molecule has 0 radical (unpaired) electrons. The summed E-state index contributed by atoms with van der Waals surface area (Å²) in [6.45, 7) is 14.6. The molecule has 1 unspecified atom stereocenters. The van der Waals surface area contributed by atoms with Crippen LogP contribution in [-0.4, -0.2) is 21.0 Å². The molecule has 90 valence electrons. The Hall–Kier alpha value is 0.394. The van der Waals surface area contributed by atoms with Crippen LogP contribution in [0.15, 0.2) is 0 Å². The lowest BCUT2D eigenvalue weighted by Crippen LogP contribution is -2.64. The molecule has 1 atom stereocenters. The molecule has 15 heavy (non-hydrogen) atoms. The van der Waals surface area contributed by atoms with Gasteiger partial charge in [-0.25, -0.2) is 0 Å². The summed E-state index contributed by atoms with van der Waals surface area (Å²) >= 11 is 0. The third-order valence-corrected chi connectivity index (χ3v) is 21.1. The van der Waals surface area contributed by atoms with Gasteiger partial charge in [0.15, 0.2) is 7.83 Å². The quantitative estimate of drug-likeness (QED) is 0.671. The lowest BCUT2D eigenvalue weighted by Gasteiger charge is -2.51. The fourth-order valence-electron chi connectivity index (χ4n) is 2.41. The Morgan fingerprint density at radius 2 is 1.80 bits per heavy atom. The maximum Gasteiger partial charge on any atom is 0.174 e. The molecule has 1 nitrogen and oxygen atoms in total. The van der Waals surface area contributed by atoms with Crippen molar-refractivity contribution in [2.45, 2.75) is 77.4 Å². The Morgan fingerprint density at radius 1 is 1.20 bits per heavy atom. The Kier molecular flexibility index (Phi) is 3.89. The molecule has 1 saturated heterocycles. The van der Waals surface area contributed by atoms with Crippen molar-refractivity contribution in [2.24, 2.45) is 0 Å². The van der Waals surface area contributed by atoms with Gasteiger partial charge in [0.2, 0.25) is 0 Å². The number of hydrogen-bond acceptors (Lipinski definition) is 1. The van der Waals surface area contributed by atoms with E-state index >= 15 is 0 Å². The summed E-state index contributed by atoms with van der Waals surface area (Å²) in [5.74, 6) is 0. The maximum atomic E-state index is 6.58. The van der Waals surface area contributed by atoms with Crippen LogP contribution >= 0.6 is 0 Å². The molecule has 0 aliphatic carbocycles. The molecule has 0 N–H and O–H groups in total. The molecule has 0 amide bonds. The van der Waals surface area contributed by atoms with E-state index in [0.29, 0.717) is 0 Å². The molecule has 0 saturated carbocycles. The molecule has 1 rings (SSSR count). The summed E-state index contributed by atoms with van der Waals surface area (Å²) in [7, 11) is -2.39. The Labute approximate surface area is 97.5 Å². The summed E-state index contributed by atoms with van der Waals surface area (Å²) in [6.07, 6.45) is 5.19. The highest BCUT2D eigenvalue weighted by Gasteiger charge is 2.50. The summed E-state index contributed by atoms with van der Waals surface area (Å²) in [6, 6.07) is 1.48. The molecule has 1 aliphatic heterocycles. The van der Waals surface area contributed by atoms with Crippen molar-refractivity contribution in [3.05, 3.63) is 0 Å². The standard InChI is InChI=1S/C12H28OSi2/c1-7-8-9-12(2)10-11-14(3,4)15(5,6)13-12/h7-11H2,1-6H3. The van der Waals surface area contributed by atoms with Crippen LogP contribution in [0.25, 0.3) is 0 Å². The van der Waals surface area contributed by atoms with Gasteiger partial charge in [-0.05, 0) is 32.9 Å². The highest BCUT2D eigenvalue weighted by atomic mass is 29.3. The van der Waals surface area contributed by atoms with Gasteiger partial charge >= 0.3 is 0 Å². The van der Waals surface area contributed by atoms with Crippen LogP contribution in [0.2, 0.25) is 32.2 Å². The van der Waals surface area contributed by atoms with Crippen LogP contribution in [0.5, 0.6) is 0 Å². The number of rotatable bonds is 3. The minimum atomic E-state index is -1.36. The third kappa shape index (κ3) is 2.95. The van der Waals surface area contributed by atoms with E-state index in [2.05, 4.69) is 40.0 Å².